The minimum Gasteiger partial charge on any atom is -0.479 e. The zero-order valence-corrected chi connectivity index (χ0v) is 10.7. The van der Waals surface area contributed by atoms with Gasteiger partial charge in [-0.3, -0.25) is 9.36 Å². The van der Waals surface area contributed by atoms with Crippen LogP contribution in [0.3, 0.4) is 0 Å². The second kappa shape index (κ2) is 5.84. The Hall–Kier alpha value is -2.91. The molecule has 0 unspecified atom stereocenters. The summed E-state index contributed by atoms with van der Waals surface area (Å²) in [6, 6.07) is 2.32. The molecule has 0 fully saturated rings. The van der Waals surface area contributed by atoms with Gasteiger partial charge in [0, 0.05) is 6.20 Å². The van der Waals surface area contributed by atoms with E-state index in [-0.39, 0.29) is 5.82 Å². The average molecular weight is 315 g/mol. The molecule has 10 heteroatoms. The first-order chi connectivity index (χ1) is 10.3. The fourth-order valence-electron chi connectivity index (χ4n) is 1.58. The SMILES string of the molecule is O=C(O)c1cccn(-c2ncncc2OCC(F)(F)F)c1=O. The minimum atomic E-state index is -4.58. The highest BCUT2D eigenvalue weighted by Gasteiger charge is 2.29. The van der Waals surface area contributed by atoms with Crippen LogP contribution in [0, 0.1) is 0 Å². The van der Waals surface area contributed by atoms with E-state index in [1.54, 1.807) is 0 Å². The fraction of sp³-hybridized carbons (Fsp3) is 0.167. The zero-order chi connectivity index (χ0) is 16.3. The van der Waals surface area contributed by atoms with Crippen LogP contribution in [0.4, 0.5) is 13.2 Å². The highest BCUT2D eigenvalue weighted by Crippen LogP contribution is 2.21. The van der Waals surface area contributed by atoms with Gasteiger partial charge in [0.1, 0.15) is 11.9 Å². The average Bonchev–Trinajstić information content (AvgIpc) is 2.45. The molecule has 0 amide bonds. The Bertz CT molecular complexity index is 758. The van der Waals surface area contributed by atoms with E-state index < -0.39 is 35.6 Å². The molecule has 7 nitrogen and oxygen atoms in total. The largest absolute Gasteiger partial charge is 0.479 e. The van der Waals surface area contributed by atoms with Crippen molar-refractivity contribution in [3.05, 3.63) is 46.8 Å². The first-order valence-electron chi connectivity index (χ1n) is 5.74. The number of hydrogen-bond donors (Lipinski definition) is 1. The van der Waals surface area contributed by atoms with Gasteiger partial charge in [0.25, 0.3) is 5.56 Å². The summed E-state index contributed by atoms with van der Waals surface area (Å²) >= 11 is 0. The Labute approximate surface area is 120 Å². The number of carboxylic acid groups (broad SMARTS) is 1. The minimum absolute atomic E-state index is 0.285. The molecule has 1 N–H and O–H groups in total. The van der Waals surface area contributed by atoms with Crippen molar-refractivity contribution in [1.82, 2.24) is 14.5 Å². The molecule has 0 aliphatic rings. The van der Waals surface area contributed by atoms with E-state index in [1.165, 1.54) is 6.07 Å². The summed E-state index contributed by atoms with van der Waals surface area (Å²) in [6.45, 7) is -1.60. The summed E-state index contributed by atoms with van der Waals surface area (Å²) in [4.78, 5) is 30.1. The van der Waals surface area contributed by atoms with Crippen LogP contribution < -0.4 is 10.3 Å². The molecule has 2 rings (SSSR count). The number of halogens is 3. The van der Waals surface area contributed by atoms with Gasteiger partial charge in [-0.25, -0.2) is 14.8 Å². The lowest BCUT2D eigenvalue weighted by atomic mass is 10.3. The van der Waals surface area contributed by atoms with Crippen LogP contribution in [0.1, 0.15) is 10.4 Å². The molecule has 0 saturated carbocycles. The lowest BCUT2D eigenvalue weighted by molar-refractivity contribution is -0.153. The van der Waals surface area contributed by atoms with Crippen LogP contribution in [0.25, 0.3) is 5.82 Å². The molecule has 0 aliphatic heterocycles. The van der Waals surface area contributed by atoms with Crippen molar-refractivity contribution in [2.75, 3.05) is 6.61 Å². The number of alkyl halides is 3. The Kier molecular flexibility index (Phi) is 4.11. The van der Waals surface area contributed by atoms with Crippen LogP contribution >= 0.6 is 0 Å². The van der Waals surface area contributed by atoms with Crippen molar-refractivity contribution in [2.24, 2.45) is 0 Å². The smallest absolute Gasteiger partial charge is 0.422 e. The maximum Gasteiger partial charge on any atom is 0.422 e. The van der Waals surface area contributed by atoms with Crippen LogP contribution in [-0.2, 0) is 0 Å². The molecule has 2 aromatic heterocycles. The first-order valence-corrected chi connectivity index (χ1v) is 5.74. The van der Waals surface area contributed by atoms with E-state index in [0.29, 0.717) is 0 Å². The van der Waals surface area contributed by atoms with Crippen LogP contribution in [0.15, 0.2) is 35.6 Å². The molecular weight excluding hydrogens is 307 g/mol. The van der Waals surface area contributed by atoms with Gasteiger partial charge in [-0.2, -0.15) is 13.2 Å². The highest BCUT2D eigenvalue weighted by molar-refractivity contribution is 5.87. The number of carboxylic acids is 1. The number of pyridine rings is 1. The molecule has 116 valence electrons. The monoisotopic (exact) mass is 315 g/mol. The van der Waals surface area contributed by atoms with E-state index in [9.17, 15) is 22.8 Å². The van der Waals surface area contributed by atoms with E-state index in [1.807, 2.05) is 0 Å². The third-order valence-corrected chi connectivity index (χ3v) is 2.46. The maximum atomic E-state index is 12.2. The second-order valence-electron chi connectivity index (χ2n) is 4.02. The van der Waals surface area contributed by atoms with Gasteiger partial charge < -0.3 is 9.84 Å². The van der Waals surface area contributed by atoms with Crippen LogP contribution in [-0.4, -0.2) is 38.4 Å². The van der Waals surface area contributed by atoms with E-state index in [4.69, 9.17) is 5.11 Å². The van der Waals surface area contributed by atoms with Gasteiger partial charge in [0.2, 0.25) is 0 Å². The molecule has 0 aliphatic carbocycles. The number of ether oxygens (including phenoxy) is 1. The lowest BCUT2D eigenvalue weighted by Gasteiger charge is -2.13. The number of nitrogens with zero attached hydrogens (tertiary/aromatic N) is 3. The molecule has 0 radical (unpaired) electrons. The van der Waals surface area contributed by atoms with Crippen molar-refractivity contribution < 1.29 is 27.8 Å². The van der Waals surface area contributed by atoms with Crippen molar-refractivity contribution in [1.29, 1.82) is 0 Å². The molecule has 2 aromatic rings. The summed E-state index contributed by atoms with van der Waals surface area (Å²) in [5.41, 5.74) is -1.51. The van der Waals surface area contributed by atoms with E-state index in [0.717, 1.165) is 29.4 Å². The van der Waals surface area contributed by atoms with Gasteiger partial charge in [-0.1, -0.05) is 0 Å². The normalized spacial score (nSPS) is 11.2. The summed E-state index contributed by atoms with van der Waals surface area (Å²) in [7, 11) is 0. The highest BCUT2D eigenvalue weighted by atomic mass is 19.4. The molecule has 22 heavy (non-hydrogen) atoms. The molecular formula is C12H8F3N3O4. The van der Waals surface area contributed by atoms with Gasteiger partial charge >= 0.3 is 12.1 Å². The quantitative estimate of drug-likeness (QED) is 0.913. The van der Waals surface area contributed by atoms with Gasteiger partial charge in [0.15, 0.2) is 18.2 Å². The van der Waals surface area contributed by atoms with Crippen molar-refractivity contribution in [3.8, 4) is 11.6 Å². The topological polar surface area (TPSA) is 94.3 Å². The number of rotatable bonds is 4. The van der Waals surface area contributed by atoms with Crippen molar-refractivity contribution >= 4 is 5.97 Å². The van der Waals surface area contributed by atoms with Crippen molar-refractivity contribution in [2.45, 2.75) is 6.18 Å². The Morgan fingerprint density at radius 1 is 1.41 bits per heavy atom. The fourth-order valence-corrected chi connectivity index (χ4v) is 1.58. The lowest BCUT2D eigenvalue weighted by Crippen LogP contribution is -2.26. The van der Waals surface area contributed by atoms with Gasteiger partial charge in [-0.15, -0.1) is 0 Å². The number of aromatic carboxylic acids is 1. The molecule has 0 aromatic carbocycles. The zero-order valence-electron chi connectivity index (χ0n) is 10.7. The predicted molar refractivity (Wildman–Crippen MR) is 66.1 cm³/mol. The third kappa shape index (κ3) is 3.40. The van der Waals surface area contributed by atoms with Crippen LogP contribution in [0.2, 0.25) is 0 Å². The molecule has 2 heterocycles. The molecule has 0 saturated heterocycles. The summed E-state index contributed by atoms with van der Waals surface area (Å²) in [5, 5.41) is 8.89. The Morgan fingerprint density at radius 2 is 2.14 bits per heavy atom. The predicted octanol–water partition coefficient (Wildman–Crippen LogP) is 1.27. The summed E-state index contributed by atoms with van der Waals surface area (Å²) < 4.78 is 42.0. The van der Waals surface area contributed by atoms with Gasteiger partial charge in [-0.05, 0) is 12.1 Å². The number of carbonyl (C=O) groups is 1. The summed E-state index contributed by atoms with van der Waals surface area (Å²) in [6.07, 6.45) is -1.47. The molecule has 0 spiro atoms. The van der Waals surface area contributed by atoms with Crippen LogP contribution in [0.5, 0.6) is 5.75 Å². The van der Waals surface area contributed by atoms with Gasteiger partial charge in [0.05, 0.1) is 6.20 Å². The van der Waals surface area contributed by atoms with E-state index in [2.05, 4.69) is 14.7 Å². The first kappa shape index (κ1) is 15.5. The van der Waals surface area contributed by atoms with E-state index >= 15 is 0 Å². The molecule has 0 bridgehead atoms. The molecule has 0 atom stereocenters. The maximum absolute atomic E-state index is 12.2. The standard InChI is InChI=1S/C12H8F3N3O4/c13-12(14,15)5-22-8-4-16-6-17-9(8)18-3-1-2-7(10(18)19)11(20)21/h1-4,6H,5H2,(H,20,21). The second-order valence-corrected chi connectivity index (χ2v) is 4.02. The third-order valence-electron chi connectivity index (χ3n) is 2.46. The van der Waals surface area contributed by atoms with Crippen molar-refractivity contribution in [3.63, 3.8) is 0 Å². The number of aromatic nitrogens is 3. The summed E-state index contributed by atoms with van der Waals surface area (Å²) in [5.74, 6) is -2.15. The number of hydrogen-bond acceptors (Lipinski definition) is 5. The Balaban J connectivity index is 2.48. The Morgan fingerprint density at radius 3 is 2.77 bits per heavy atom.